The van der Waals surface area contributed by atoms with Crippen LogP contribution in [-0.4, -0.2) is 24.5 Å². The lowest BCUT2D eigenvalue weighted by atomic mass is 10.2. The summed E-state index contributed by atoms with van der Waals surface area (Å²) in [5.41, 5.74) is 0. The van der Waals surface area contributed by atoms with E-state index in [9.17, 15) is 0 Å². The molecule has 0 fully saturated rings. The molecule has 0 radical (unpaired) electrons. The van der Waals surface area contributed by atoms with Crippen LogP contribution in [0.2, 0.25) is 0 Å². The molecule has 0 unspecified atom stereocenters. The Morgan fingerprint density at radius 2 is 1.77 bits per heavy atom. The van der Waals surface area contributed by atoms with Crippen LogP contribution in [-0.2, 0) is 0 Å². The zero-order chi connectivity index (χ0) is 9.94. The van der Waals surface area contributed by atoms with Crippen molar-refractivity contribution in [3.05, 3.63) is 12.2 Å². The predicted molar refractivity (Wildman–Crippen MR) is 61.1 cm³/mol. The van der Waals surface area contributed by atoms with Crippen LogP contribution in [0.1, 0.15) is 46.5 Å². The van der Waals surface area contributed by atoms with Gasteiger partial charge in [0.2, 0.25) is 0 Å². The summed E-state index contributed by atoms with van der Waals surface area (Å²) < 4.78 is 0. The van der Waals surface area contributed by atoms with Gasteiger partial charge in [0, 0.05) is 6.54 Å². The second-order valence-electron chi connectivity index (χ2n) is 3.58. The van der Waals surface area contributed by atoms with Crippen molar-refractivity contribution in [3.8, 4) is 0 Å². The quantitative estimate of drug-likeness (QED) is 0.411. The van der Waals surface area contributed by atoms with E-state index >= 15 is 0 Å². The molecule has 0 aromatic rings. The van der Waals surface area contributed by atoms with Gasteiger partial charge in [0.05, 0.1) is 0 Å². The third-order valence-electron chi connectivity index (χ3n) is 2.22. The van der Waals surface area contributed by atoms with Crippen molar-refractivity contribution >= 4 is 0 Å². The Bertz CT molecular complexity index is 118. The lowest BCUT2D eigenvalue weighted by Crippen LogP contribution is -2.25. The maximum atomic E-state index is 2.54. The van der Waals surface area contributed by atoms with Gasteiger partial charge in [0.1, 0.15) is 0 Å². The van der Waals surface area contributed by atoms with Crippen molar-refractivity contribution in [2.45, 2.75) is 46.5 Å². The van der Waals surface area contributed by atoms with Crippen molar-refractivity contribution in [2.24, 2.45) is 0 Å². The summed E-state index contributed by atoms with van der Waals surface area (Å²) in [6.45, 7) is 10.3. The van der Waals surface area contributed by atoms with Gasteiger partial charge in [-0.1, -0.05) is 38.8 Å². The minimum atomic E-state index is 1.13. The highest BCUT2D eigenvalue weighted by Gasteiger charge is 1.99. The van der Waals surface area contributed by atoms with Gasteiger partial charge in [-0.25, -0.2) is 0 Å². The molecule has 1 nitrogen and oxygen atoms in total. The highest BCUT2D eigenvalue weighted by molar-refractivity contribution is 4.80. The number of rotatable bonds is 8. The number of allylic oxidation sites excluding steroid dienone is 1. The second kappa shape index (κ2) is 9.79. The first kappa shape index (κ1) is 12.7. The summed E-state index contributed by atoms with van der Waals surface area (Å²) in [6, 6.07) is 0. The van der Waals surface area contributed by atoms with Crippen LogP contribution in [0.15, 0.2) is 12.2 Å². The molecule has 0 N–H and O–H groups in total. The largest absolute Gasteiger partial charge is 0.300 e. The highest BCUT2D eigenvalue weighted by atomic mass is 15.1. The van der Waals surface area contributed by atoms with Gasteiger partial charge in [-0.05, 0) is 32.9 Å². The first-order chi connectivity index (χ1) is 6.35. The second-order valence-corrected chi connectivity index (χ2v) is 3.58. The third-order valence-corrected chi connectivity index (χ3v) is 2.22. The fraction of sp³-hybridized carbons (Fsp3) is 0.833. The zero-order valence-electron chi connectivity index (χ0n) is 9.55. The van der Waals surface area contributed by atoms with Crippen LogP contribution in [0.5, 0.6) is 0 Å². The van der Waals surface area contributed by atoms with Gasteiger partial charge < -0.3 is 0 Å². The van der Waals surface area contributed by atoms with Gasteiger partial charge in [-0.15, -0.1) is 0 Å². The van der Waals surface area contributed by atoms with E-state index in [1.54, 1.807) is 0 Å². The predicted octanol–water partition coefficient (Wildman–Crippen LogP) is 3.46. The van der Waals surface area contributed by atoms with Crippen molar-refractivity contribution in [2.75, 3.05) is 19.6 Å². The van der Waals surface area contributed by atoms with Crippen LogP contribution in [0.3, 0.4) is 0 Å². The van der Waals surface area contributed by atoms with Crippen LogP contribution < -0.4 is 0 Å². The summed E-state index contributed by atoms with van der Waals surface area (Å²) in [7, 11) is 0. The van der Waals surface area contributed by atoms with Crippen LogP contribution in [0.4, 0.5) is 0 Å². The molecule has 0 aliphatic rings. The fourth-order valence-electron chi connectivity index (χ4n) is 1.45. The maximum Gasteiger partial charge on any atom is 0.0163 e. The molecule has 0 spiro atoms. The standard InChI is InChI=1S/C12H25N/c1-4-7-9-12-13(10-6-3)11-8-5-2/h5,8H,4,6-7,9-12H2,1-3H3. The molecule has 0 aromatic carbocycles. The van der Waals surface area contributed by atoms with Gasteiger partial charge in [0.25, 0.3) is 0 Å². The van der Waals surface area contributed by atoms with Crippen molar-refractivity contribution < 1.29 is 0 Å². The molecule has 0 aromatic heterocycles. The van der Waals surface area contributed by atoms with E-state index in [-0.39, 0.29) is 0 Å². The molecule has 1 heteroatoms. The average molecular weight is 183 g/mol. The molecular weight excluding hydrogens is 158 g/mol. The summed E-state index contributed by atoms with van der Waals surface area (Å²) in [6.07, 6.45) is 9.71. The minimum absolute atomic E-state index is 1.13. The molecule has 0 aliphatic heterocycles. The number of nitrogens with zero attached hydrogens (tertiary/aromatic N) is 1. The lowest BCUT2D eigenvalue weighted by molar-refractivity contribution is 0.295. The molecule has 0 amide bonds. The molecule has 0 rings (SSSR count). The van der Waals surface area contributed by atoms with Crippen molar-refractivity contribution in [1.82, 2.24) is 4.90 Å². The molecule has 0 saturated carbocycles. The summed E-state index contributed by atoms with van der Waals surface area (Å²) in [5, 5.41) is 0. The number of hydrogen-bond acceptors (Lipinski definition) is 1. The Balaban J connectivity index is 3.53. The van der Waals surface area contributed by atoms with Gasteiger partial charge in [-0.2, -0.15) is 0 Å². The van der Waals surface area contributed by atoms with Crippen LogP contribution in [0.25, 0.3) is 0 Å². The van der Waals surface area contributed by atoms with Crippen molar-refractivity contribution in [3.63, 3.8) is 0 Å². The molecule has 13 heavy (non-hydrogen) atoms. The van der Waals surface area contributed by atoms with E-state index in [4.69, 9.17) is 0 Å². The first-order valence-electron chi connectivity index (χ1n) is 5.68. The van der Waals surface area contributed by atoms with E-state index in [1.165, 1.54) is 38.8 Å². The number of hydrogen-bond donors (Lipinski definition) is 0. The highest BCUT2D eigenvalue weighted by Crippen LogP contribution is 1.99. The smallest absolute Gasteiger partial charge is 0.0163 e. The van der Waals surface area contributed by atoms with Gasteiger partial charge in [-0.3, -0.25) is 4.90 Å². The van der Waals surface area contributed by atoms with E-state index in [1.807, 2.05) is 0 Å². The van der Waals surface area contributed by atoms with Crippen LogP contribution >= 0.6 is 0 Å². The summed E-state index contributed by atoms with van der Waals surface area (Å²) >= 11 is 0. The Morgan fingerprint density at radius 1 is 1.00 bits per heavy atom. The molecule has 0 atom stereocenters. The monoisotopic (exact) mass is 183 g/mol. The van der Waals surface area contributed by atoms with E-state index < -0.39 is 0 Å². The fourth-order valence-corrected chi connectivity index (χ4v) is 1.45. The molecule has 0 heterocycles. The lowest BCUT2D eigenvalue weighted by Gasteiger charge is -2.19. The third kappa shape index (κ3) is 8.04. The molecule has 78 valence electrons. The Labute approximate surface area is 83.8 Å². The van der Waals surface area contributed by atoms with E-state index in [2.05, 4.69) is 37.8 Å². The Kier molecular flexibility index (Phi) is 9.56. The zero-order valence-corrected chi connectivity index (χ0v) is 9.55. The first-order valence-corrected chi connectivity index (χ1v) is 5.68. The maximum absolute atomic E-state index is 2.54. The van der Waals surface area contributed by atoms with Crippen LogP contribution in [0, 0.1) is 0 Å². The average Bonchev–Trinajstić information content (AvgIpc) is 2.14. The summed E-state index contributed by atoms with van der Waals surface area (Å²) in [4.78, 5) is 2.54. The molecular formula is C12H25N. The minimum Gasteiger partial charge on any atom is -0.300 e. The number of unbranched alkanes of at least 4 members (excludes halogenated alkanes) is 2. The molecule has 0 aliphatic carbocycles. The van der Waals surface area contributed by atoms with Gasteiger partial charge in [0.15, 0.2) is 0 Å². The van der Waals surface area contributed by atoms with Crippen molar-refractivity contribution in [1.29, 1.82) is 0 Å². The SMILES string of the molecule is CC=CCN(CCC)CCCCC. The summed E-state index contributed by atoms with van der Waals surface area (Å²) in [5.74, 6) is 0. The van der Waals surface area contributed by atoms with Gasteiger partial charge >= 0.3 is 0 Å². The Morgan fingerprint density at radius 3 is 2.31 bits per heavy atom. The van der Waals surface area contributed by atoms with E-state index in [0.29, 0.717) is 0 Å². The molecule has 0 saturated heterocycles. The van der Waals surface area contributed by atoms with E-state index in [0.717, 1.165) is 6.54 Å². The molecule has 0 bridgehead atoms. The normalized spacial score (nSPS) is 11.7. The topological polar surface area (TPSA) is 3.24 Å². The Hall–Kier alpha value is -0.300.